The fraction of sp³-hybridized carbons (Fsp3) is 0.625. The highest BCUT2D eigenvalue weighted by Gasteiger charge is 2.19. The minimum absolute atomic E-state index is 0.810. The van der Waals surface area contributed by atoms with E-state index in [1.807, 2.05) is 0 Å². The van der Waals surface area contributed by atoms with Crippen molar-refractivity contribution in [3.05, 3.63) is 27.7 Å². The molecular weight excluding hydrogens is 302 g/mol. The molecule has 0 radical (unpaired) electrons. The predicted molar refractivity (Wildman–Crippen MR) is 83.1 cm³/mol. The highest BCUT2D eigenvalue weighted by atomic mass is 79.9. The zero-order valence-electron chi connectivity index (χ0n) is 12.3. The lowest BCUT2D eigenvalue weighted by atomic mass is 10.0. The molecule has 0 aliphatic carbocycles. The quantitative estimate of drug-likeness (QED) is 0.898. The van der Waals surface area contributed by atoms with Crippen molar-refractivity contribution in [1.29, 1.82) is 0 Å². The zero-order chi connectivity index (χ0) is 13.8. The summed E-state index contributed by atoms with van der Waals surface area (Å²) in [5.41, 5.74) is 2.49. The Kier molecular flexibility index (Phi) is 5.28. The van der Waals surface area contributed by atoms with Crippen LogP contribution in [-0.2, 0) is 0 Å². The molecular formula is C16H25BrNO+. The number of nitrogens with one attached hydrogen (secondary N) is 1. The van der Waals surface area contributed by atoms with E-state index < -0.39 is 0 Å². The average Bonchev–Trinajstić information content (AvgIpc) is 2.32. The van der Waals surface area contributed by atoms with E-state index in [1.165, 1.54) is 37.1 Å². The van der Waals surface area contributed by atoms with Crippen molar-refractivity contribution in [2.45, 2.75) is 33.6 Å². The van der Waals surface area contributed by atoms with Gasteiger partial charge in [-0.2, -0.15) is 0 Å². The standard InChI is InChI=1S/C16H24BrNO/c1-12-5-4-6-18(11-12)7-8-19-16-14(3)9-13(2)10-15(16)17/h9-10,12H,4-8,11H2,1-3H3/p+1/t12-/m1/s1. The number of rotatable bonds is 4. The third kappa shape index (κ3) is 4.22. The first-order chi connectivity index (χ1) is 9.06. The highest BCUT2D eigenvalue weighted by Crippen LogP contribution is 2.29. The van der Waals surface area contributed by atoms with Crippen molar-refractivity contribution in [3.63, 3.8) is 0 Å². The zero-order valence-corrected chi connectivity index (χ0v) is 13.8. The molecule has 0 bridgehead atoms. The fourth-order valence-corrected chi connectivity index (χ4v) is 3.80. The van der Waals surface area contributed by atoms with Gasteiger partial charge in [-0.3, -0.25) is 0 Å². The minimum atomic E-state index is 0.810. The van der Waals surface area contributed by atoms with E-state index in [0.717, 1.165) is 29.3 Å². The average molecular weight is 327 g/mol. The lowest BCUT2D eigenvalue weighted by molar-refractivity contribution is -0.908. The first-order valence-electron chi connectivity index (χ1n) is 7.29. The van der Waals surface area contributed by atoms with Crippen LogP contribution in [0.1, 0.15) is 30.9 Å². The van der Waals surface area contributed by atoms with Gasteiger partial charge in [-0.15, -0.1) is 0 Å². The molecule has 2 atom stereocenters. The van der Waals surface area contributed by atoms with Gasteiger partial charge in [0.1, 0.15) is 18.9 Å². The number of hydrogen-bond donors (Lipinski definition) is 1. The molecule has 1 aromatic carbocycles. The molecule has 2 nitrogen and oxygen atoms in total. The third-order valence-corrected chi connectivity index (χ3v) is 4.53. The number of hydrogen-bond acceptors (Lipinski definition) is 1. The van der Waals surface area contributed by atoms with Gasteiger partial charge in [0.2, 0.25) is 0 Å². The number of benzene rings is 1. The van der Waals surface area contributed by atoms with Gasteiger partial charge in [0.25, 0.3) is 0 Å². The lowest BCUT2D eigenvalue weighted by Gasteiger charge is -2.27. The maximum absolute atomic E-state index is 5.99. The third-order valence-electron chi connectivity index (χ3n) is 3.94. The van der Waals surface area contributed by atoms with Crippen molar-refractivity contribution in [2.24, 2.45) is 5.92 Å². The van der Waals surface area contributed by atoms with E-state index in [2.05, 4.69) is 48.8 Å². The summed E-state index contributed by atoms with van der Waals surface area (Å²) in [6.07, 6.45) is 2.76. The summed E-state index contributed by atoms with van der Waals surface area (Å²) in [5.74, 6) is 1.88. The molecule has 0 saturated carbocycles. The molecule has 0 spiro atoms. The first kappa shape index (κ1) is 14.9. The van der Waals surface area contributed by atoms with Crippen molar-refractivity contribution in [3.8, 4) is 5.75 Å². The van der Waals surface area contributed by atoms with Gasteiger partial charge in [-0.25, -0.2) is 0 Å². The molecule has 1 aliphatic heterocycles. The number of halogens is 1. The van der Waals surface area contributed by atoms with Crippen LogP contribution in [0.4, 0.5) is 0 Å². The smallest absolute Gasteiger partial charge is 0.137 e. The summed E-state index contributed by atoms with van der Waals surface area (Å²) < 4.78 is 7.07. The maximum atomic E-state index is 5.99. The van der Waals surface area contributed by atoms with Crippen LogP contribution in [0, 0.1) is 19.8 Å². The van der Waals surface area contributed by atoms with Gasteiger partial charge < -0.3 is 9.64 Å². The molecule has 19 heavy (non-hydrogen) atoms. The number of piperidine rings is 1. The van der Waals surface area contributed by atoms with Gasteiger partial charge in [0.15, 0.2) is 0 Å². The van der Waals surface area contributed by atoms with Crippen LogP contribution in [0.3, 0.4) is 0 Å². The predicted octanol–water partition coefficient (Wildman–Crippen LogP) is 2.76. The Balaban J connectivity index is 1.85. The topological polar surface area (TPSA) is 13.7 Å². The minimum Gasteiger partial charge on any atom is -0.486 e. The summed E-state index contributed by atoms with van der Waals surface area (Å²) in [4.78, 5) is 1.69. The lowest BCUT2D eigenvalue weighted by Crippen LogP contribution is -3.14. The normalized spacial score (nSPS) is 23.4. The fourth-order valence-electron chi connectivity index (χ4n) is 3.01. The van der Waals surface area contributed by atoms with E-state index in [4.69, 9.17) is 4.74 Å². The Labute approximate surface area is 125 Å². The Morgan fingerprint density at radius 3 is 2.84 bits per heavy atom. The van der Waals surface area contributed by atoms with Crippen LogP contribution >= 0.6 is 15.9 Å². The van der Waals surface area contributed by atoms with Gasteiger partial charge in [0.05, 0.1) is 17.6 Å². The molecule has 1 saturated heterocycles. The molecule has 1 fully saturated rings. The van der Waals surface area contributed by atoms with Crippen molar-refractivity contribution >= 4 is 15.9 Å². The maximum Gasteiger partial charge on any atom is 0.137 e. The molecule has 1 heterocycles. The molecule has 1 N–H and O–H groups in total. The van der Waals surface area contributed by atoms with E-state index in [9.17, 15) is 0 Å². The highest BCUT2D eigenvalue weighted by molar-refractivity contribution is 9.10. The molecule has 1 aromatic rings. The molecule has 2 rings (SSSR count). The largest absolute Gasteiger partial charge is 0.486 e. The van der Waals surface area contributed by atoms with E-state index >= 15 is 0 Å². The van der Waals surface area contributed by atoms with Gasteiger partial charge in [0, 0.05) is 5.92 Å². The Bertz CT molecular complexity index is 410. The Morgan fingerprint density at radius 1 is 1.37 bits per heavy atom. The first-order valence-corrected chi connectivity index (χ1v) is 8.08. The monoisotopic (exact) mass is 326 g/mol. The second-order valence-electron chi connectivity index (χ2n) is 5.94. The van der Waals surface area contributed by atoms with Crippen LogP contribution in [0.15, 0.2) is 16.6 Å². The van der Waals surface area contributed by atoms with Crippen molar-refractivity contribution in [1.82, 2.24) is 0 Å². The van der Waals surface area contributed by atoms with Gasteiger partial charge in [-0.1, -0.05) is 13.0 Å². The van der Waals surface area contributed by atoms with Gasteiger partial charge in [-0.05, 0) is 59.8 Å². The SMILES string of the molecule is Cc1cc(C)c(OCC[NH+]2CCC[C@@H](C)C2)c(Br)c1. The summed E-state index contributed by atoms with van der Waals surface area (Å²) in [6, 6.07) is 4.30. The summed E-state index contributed by atoms with van der Waals surface area (Å²) in [6.45, 7) is 11.1. The molecule has 1 aliphatic rings. The molecule has 1 unspecified atom stereocenters. The van der Waals surface area contributed by atoms with Crippen LogP contribution in [-0.4, -0.2) is 26.2 Å². The second-order valence-corrected chi connectivity index (χ2v) is 6.80. The Morgan fingerprint density at radius 2 is 2.16 bits per heavy atom. The summed E-state index contributed by atoms with van der Waals surface area (Å²) >= 11 is 3.60. The van der Waals surface area contributed by atoms with E-state index in [0.29, 0.717) is 0 Å². The molecule has 0 amide bonds. The van der Waals surface area contributed by atoms with Crippen LogP contribution < -0.4 is 9.64 Å². The van der Waals surface area contributed by atoms with Crippen LogP contribution in [0.25, 0.3) is 0 Å². The van der Waals surface area contributed by atoms with Crippen molar-refractivity contribution < 1.29 is 9.64 Å². The van der Waals surface area contributed by atoms with Crippen LogP contribution in [0.5, 0.6) is 5.75 Å². The summed E-state index contributed by atoms with van der Waals surface area (Å²) in [5, 5.41) is 0. The molecule has 3 heteroatoms. The number of likely N-dealkylation sites (tertiary alicyclic amines) is 1. The van der Waals surface area contributed by atoms with Crippen molar-refractivity contribution in [2.75, 3.05) is 26.2 Å². The van der Waals surface area contributed by atoms with Gasteiger partial charge >= 0.3 is 0 Å². The number of ether oxygens (including phenoxy) is 1. The Hall–Kier alpha value is -0.540. The van der Waals surface area contributed by atoms with E-state index in [-0.39, 0.29) is 0 Å². The molecule has 0 aromatic heterocycles. The summed E-state index contributed by atoms with van der Waals surface area (Å²) in [7, 11) is 0. The number of aryl methyl sites for hydroxylation is 2. The van der Waals surface area contributed by atoms with Crippen LogP contribution in [0.2, 0.25) is 0 Å². The number of quaternary nitrogens is 1. The molecule has 106 valence electrons. The van der Waals surface area contributed by atoms with E-state index in [1.54, 1.807) is 4.90 Å². The second kappa shape index (κ2) is 6.76.